The molecule has 18 heavy (non-hydrogen) atoms. The number of nitrogens with two attached hydrogens (primary N) is 1. The predicted octanol–water partition coefficient (Wildman–Crippen LogP) is 1.99. The molecule has 3 heteroatoms. The van der Waals surface area contributed by atoms with Crippen LogP contribution >= 0.6 is 0 Å². The van der Waals surface area contributed by atoms with Crippen LogP contribution in [0.1, 0.15) is 31.2 Å². The molecule has 98 valence electrons. The van der Waals surface area contributed by atoms with Crippen LogP contribution in [0, 0.1) is 5.92 Å². The van der Waals surface area contributed by atoms with E-state index < -0.39 is 0 Å². The van der Waals surface area contributed by atoms with Gasteiger partial charge in [-0.15, -0.1) is 0 Å². The highest BCUT2D eigenvalue weighted by Gasteiger charge is 2.29. The minimum absolute atomic E-state index is 0.179. The maximum absolute atomic E-state index is 12.5. The lowest BCUT2D eigenvalue weighted by atomic mass is 9.97. The second-order valence-corrected chi connectivity index (χ2v) is 5.02. The summed E-state index contributed by atoms with van der Waals surface area (Å²) in [5.41, 5.74) is 6.82. The van der Waals surface area contributed by atoms with E-state index in [4.69, 9.17) is 5.73 Å². The molecule has 1 fully saturated rings. The Hall–Kier alpha value is -1.35. The van der Waals surface area contributed by atoms with E-state index in [1.807, 2.05) is 42.2 Å². The zero-order chi connectivity index (χ0) is 13.0. The highest BCUT2D eigenvalue weighted by Crippen LogP contribution is 2.30. The van der Waals surface area contributed by atoms with Crippen LogP contribution < -0.4 is 5.73 Å². The van der Waals surface area contributed by atoms with E-state index in [9.17, 15) is 4.79 Å². The minimum atomic E-state index is -0.190. The summed E-state index contributed by atoms with van der Waals surface area (Å²) in [6.45, 7) is 4.10. The van der Waals surface area contributed by atoms with Crippen molar-refractivity contribution in [3.63, 3.8) is 0 Å². The van der Waals surface area contributed by atoms with Crippen molar-refractivity contribution in [3.8, 4) is 0 Å². The zero-order valence-electron chi connectivity index (χ0n) is 11.0. The maximum atomic E-state index is 12.5. The van der Waals surface area contributed by atoms with E-state index in [2.05, 4.69) is 0 Å². The van der Waals surface area contributed by atoms with Crippen LogP contribution in [0.3, 0.4) is 0 Å². The van der Waals surface area contributed by atoms with Gasteiger partial charge in [-0.25, -0.2) is 0 Å². The normalized spacial score (nSPS) is 16.3. The van der Waals surface area contributed by atoms with Crippen LogP contribution in [0.5, 0.6) is 0 Å². The molecule has 1 atom stereocenters. The fraction of sp³-hybridized carbons (Fsp3) is 0.533. The van der Waals surface area contributed by atoms with Crippen LogP contribution in [0.2, 0.25) is 0 Å². The highest BCUT2D eigenvalue weighted by atomic mass is 16.2. The first-order valence-electron chi connectivity index (χ1n) is 6.80. The second kappa shape index (κ2) is 6.01. The molecule has 1 saturated carbocycles. The van der Waals surface area contributed by atoms with E-state index in [-0.39, 0.29) is 11.8 Å². The molecule has 0 aromatic heterocycles. The molecule has 1 amide bonds. The minimum Gasteiger partial charge on any atom is -0.342 e. The predicted molar refractivity (Wildman–Crippen MR) is 73.2 cm³/mol. The first-order chi connectivity index (χ1) is 8.76. The molecule has 1 aromatic carbocycles. The number of carbonyl (C=O) groups excluding carboxylic acids is 1. The molecule has 0 radical (unpaired) electrons. The van der Waals surface area contributed by atoms with Crippen LogP contribution in [0.15, 0.2) is 30.3 Å². The summed E-state index contributed by atoms with van der Waals surface area (Å²) >= 11 is 0. The molecular weight excluding hydrogens is 224 g/mol. The monoisotopic (exact) mass is 246 g/mol. The van der Waals surface area contributed by atoms with Gasteiger partial charge in [0.15, 0.2) is 0 Å². The number of carbonyl (C=O) groups is 1. The zero-order valence-corrected chi connectivity index (χ0v) is 11.0. The van der Waals surface area contributed by atoms with Gasteiger partial charge in [0.2, 0.25) is 5.91 Å². The van der Waals surface area contributed by atoms with Gasteiger partial charge >= 0.3 is 0 Å². The Morgan fingerprint density at radius 2 is 2.06 bits per heavy atom. The number of amides is 1. The summed E-state index contributed by atoms with van der Waals surface area (Å²) < 4.78 is 0. The second-order valence-electron chi connectivity index (χ2n) is 5.02. The van der Waals surface area contributed by atoms with Gasteiger partial charge in [-0.2, -0.15) is 0 Å². The average Bonchev–Trinajstić information content (AvgIpc) is 3.22. The molecule has 1 aliphatic carbocycles. The number of nitrogens with zero attached hydrogens (tertiary/aromatic N) is 1. The van der Waals surface area contributed by atoms with Gasteiger partial charge in [0.05, 0.1) is 5.92 Å². The molecule has 1 unspecified atom stereocenters. The van der Waals surface area contributed by atoms with Gasteiger partial charge in [-0.05, 0) is 31.2 Å². The smallest absolute Gasteiger partial charge is 0.231 e. The van der Waals surface area contributed by atoms with Gasteiger partial charge in [0.1, 0.15) is 0 Å². The van der Waals surface area contributed by atoms with Crippen molar-refractivity contribution in [1.82, 2.24) is 4.90 Å². The van der Waals surface area contributed by atoms with Gasteiger partial charge in [-0.1, -0.05) is 30.3 Å². The maximum Gasteiger partial charge on any atom is 0.231 e. The van der Waals surface area contributed by atoms with Crippen molar-refractivity contribution in [3.05, 3.63) is 35.9 Å². The van der Waals surface area contributed by atoms with Gasteiger partial charge in [0.25, 0.3) is 0 Å². The van der Waals surface area contributed by atoms with E-state index in [1.54, 1.807) is 0 Å². The highest BCUT2D eigenvalue weighted by molar-refractivity contribution is 5.84. The van der Waals surface area contributed by atoms with E-state index in [1.165, 1.54) is 12.8 Å². The third-order valence-corrected chi connectivity index (χ3v) is 3.60. The fourth-order valence-corrected chi connectivity index (χ4v) is 2.27. The molecule has 0 aliphatic heterocycles. The number of hydrogen-bond donors (Lipinski definition) is 1. The number of likely N-dealkylation sites (N-methyl/N-ethyl adjacent to an activating group) is 1. The van der Waals surface area contributed by atoms with Crippen molar-refractivity contribution in [2.75, 3.05) is 19.6 Å². The Morgan fingerprint density at radius 3 is 2.56 bits per heavy atom. The summed E-state index contributed by atoms with van der Waals surface area (Å²) in [6, 6.07) is 9.86. The number of benzene rings is 1. The largest absolute Gasteiger partial charge is 0.342 e. The lowest BCUT2D eigenvalue weighted by Crippen LogP contribution is -2.39. The van der Waals surface area contributed by atoms with Crippen molar-refractivity contribution in [2.24, 2.45) is 11.7 Å². The van der Waals surface area contributed by atoms with Crippen molar-refractivity contribution >= 4 is 5.91 Å². The Balaban J connectivity index is 2.08. The van der Waals surface area contributed by atoms with Crippen molar-refractivity contribution in [2.45, 2.75) is 25.7 Å². The molecule has 0 saturated heterocycles. The Morgan fingerprint density at radius 1 is 1.39 bits per heavy atom. The van der Waals surface area contributed by atoms with Crippen LogP contribution in [0.4, 0.5) is 0 Å². The average molecular weight is 246 g/mol. The fourth-order valence-electron chi connectivity index (χ4n) is 2.27. The van der Waals surface area contributed by atoms with Gasteiger partial charge in [0, 0.05) is 19.6 Å². The summed E-state index contributed by atoms with van der Waals surface area (Å²) in [5.74, 6) is 0.714. The Bertz CT molecular complexity index is 387. The lowest BCUT2D eigenvalue weighted by Gasteiger charge is -2.26. The molecule has 0 bridgehead atoms. The van der Waals surface area contributed by atoms with E-state index in [0.717, 1.165) is 24.6 Å². The standard InChI is InChI=1S/C15H22N2O/c1-2-17(11-12-8-9-12)15(18)14(10-16)13-6-4-3-5-7-13/h3-7,12,14H,2,8-11,16H2,1H3. The quantitative estimate of drug-likeness (QED) is 0.834. The lowest BCUT2D eigenvalue weighted by molar-refractivity contribution is -0.132. The summed E-state index contributed by atoms with van der Waals surface area (Å²) in [7, 11) is 0. The first kappa shape index (κ1) is 13.1. The van der Waals surface area contributed by atoms with Crippen molar-refractivity contribution < 1.29 is 4.79 Å². The molecular formula is C15H22N2O. The molecule has 1 aliphatic rings. The van der Waals surface area contributed by atoms with Crippen molar-refractivity contribution in [1.29, 1.82) is 0 Å². The number of rotatable bonds is 6. The Kier molecular flexibility index (Phi) is 4.37. The SMILES string of the molecule is CCN(CC1CC1)C(=O)C(CN)c1ccccc1. The topological polar surface area (TPSA) is 46.3 Å². The molecule has 1 aromatic rings. The van der Waals surface area contributed by atoms with Crippen LogP contribution in [-0.4, -0.2) is 30.4 Å². The van der Waals surface area contributed by atoms with Gasteiger partial charge in [-0.3, -0.25) is 4.79 Å². The summed E-state index contributed by atoms with van der Waals surface area (Å²) in [5, 5.41) is 0. The molecule has 3 nitrogen and oxygen atoms in total. The third kappa shape index (κ3) is 3.10. The molecule has 0 heterocycles. The van der Waals surface area contributed by atoms with Crippen LogP contribution in [-0.2, 0) is 4.79 Å². The first-order valence-corrected chi connectivity index (χ1v) is 6.80. The van der Waals surface area contributed by atoms with E-state index in [0.29, 0.717) is 6.54 Å². The Labute approximate surface area is 109 Å². The molecule has 2 rings (SSSR count). The number of hydrogen-bond acceptors (Lipinski definition) is 2. The molecule has 0 spiro atoms. The van der Waals surface area contributed by atoms with Gasteiger partial charge < -0.3 is 10.6 Å². The third-order valence-electron chi connectivity index (χ3n) is 3.60. The van der Waals surface area contributed by atoms with Crippen LogP contribution in [0.25, 0.3) is 0 Å². The molecule has 2 N–H and O–H groups in total. The van der Waals surface area contributed by atoms with E-state index >= 15 is 0 Å². The summed E-state index contributed by atoms with van der Waals surface area (Å²) in [4.78, 5) is 14.5. The summed E-state index contributed by atoms with van der Waals surface area (Å²) in [6.07, 6.45) is 2.53.